The third-order valence-electron chi connectivity index (χ3n) is 2.75. The fourth-order valence-corrected chi connectivity index (χ4v) is 2.14. The van der Waals surface area contributed by atoms with Crippen LogP contribution in [0.2, 0.25) is 0 Å². The molecule has 0 aliphatic heterocycles. The van der Waals surface area contributed by atoms with E-state index in [4.69, 9.17) is 0 Å². The van der Waals surface area contributed by atoms with Crippen LogP contribution in [0.25, 0.3) is 0 Å². The number of carboxylic acid groups (broad SMARTS) is 1. The van der Waals surface area contributed by atoms with E-state index in [0.717, 1.165) is 5.56 Å². The molecule has 0 bridgehead atoms. The Hall–Kier alpha value is -1.58. The molecule has 3 nitrogen and oxygen atoms in total. The molecule has 1 aromatic carbocycles. The van der Waals surface area contributed by atoms with E-state index < -0.39 is 11.5 Å². The highest BCUT2D eigenvalue weighted by molar-refractivity contribution is 5.82. The number of rotatable bonds is 5. The summed E-state index contributed by atoms with van der Waals surface area (Å²) in [6.45, 7) is 7.31. The molecule has 0 amide bonds. The molecule has 1 unspecified atom stereocenters. The Labute approximate surface area is 107 Å². The van der Waals surface area contributed by atoms with Gasteiger partial charge in [-0.15, -0.1) is 0 Å². The number of carboxylic acids is 1. The average Bonchev–Trinajstić information content (AvgIpc) is 2.13. The lowest BCUT2D eigenvalue weighted by Crippen LogP contribution is -2.44. The molecule has 1 rings (SSSR count). The van der Waals surface area contributed by atoms with E-state index in [1.807, 2.05) is 13.8 Å². The molecule has 1 atom stereocenters. The van der Waals surface area contributed by atoms with Crippen molar-refractivity contribution in [2.45, 2.75) is 39.7 Å². The van der Waals surface area contributed by atoms with Gasteiger partial charge < -0.3 is 10.4 Å². The largest absolute Gasteiger partial charge is 0.480 e. The lowest BCUT2D eigenvalue weighted by molar-refractivity contribution is -0.142. The molecule has 0 saturated carbocycles. The Morgan fingerprint density at radius 2 is 2.06 bits per heavy atom. The molecule has 0 saturated heterocycles. The second kappa shape index (κ2) is 5.38. The van der Waals surface area contributed by atoms with Crippen molar-refractivity contribution in [1.29, 1.82) is 0 Å². The first-order valence-electron chi connectivity index (χ1n) is 6.02. The summed E-state index contributed by atoms with van der Waals surface area (Å²) in [4.78, 5) is 11.4. The molecule has 0 aromatic heterocycles. The van der Waals surface area contributed by atoms with E-state index in [1.54, 1.807) is 19.9 Å². The van der Waals surface area contributed by atoms with Gasteiger partial charge in [-0.2, -0.15) is 0 Å². The number of anilines is 1. The monoisotopic (exact) mass is 253 g/mol. The van der Waals surface area contributed by atoms with Crippen LogP contribution in [0.5, 0.6) is 0 Å². The summed E-state index contributed by atoms with van der Waals surface area (Å²) >= 11 is 0. The minimum Gasteiger partial charge on any atom is -0.480 e. The molecule has 0 aliphatic carbocycles. The lowest BCUT2D eigenvalue weighted by atomic mass is 9.90. The second-order valence-electron chi connectivity index (χ2n) is 5.38. The predicted molar refractivity (Wildman–Crippen MR) is 70.3 cm³/mol. The molecule has 0 spiro atoms. The molecular weight excluding hydrogens is 233 g/mol. The van der Waals surface area contributed by atoms with Crippen molar-refractivity contribution in [2.24, 2.45) is 5.92 Å². The maximum absolute atomic E-state index is 13.3. The van der Waals surface area contributed by atoms with E-state index >= 15 is 0 Å². The zero-order valence-electron chi connectivity index (χ0n) is 11.2. The summed E-state index contributed by atoms with van der Waals surface area (Å²) in [6.07, 6.45) is 0.470. The van der Waals surface area contributed by atoms with Crippen LogP contribution in [0.4, 0.5) is 10.1 Å². The van der Waals surface area contributed by atoms with Crippen molar-refractivity contribution in [3.8, 4) is 0 Å². The lowest BCUT2D eigenvalue weighted by Gasteiger charge is -2.29. The Morgan fingerprint density at radius 1 is 1.44 bits per heavy atom. The predicted octanol–water partition coefficient (Wildman–Crippen LogP) is 3.44. The van der Waals surface area contributed by atoms with E-state index in [2.05, 4.69) is 5.32 Å². The standard InChI is InChI=1S/C14H20FNO2/c1-9(2)8-14(4,13(17)18)16-12-6-10(3)5-11(15)7-12/h5-7,9,16H,8H2,1-4H3,(H,17,18). The van der Waals surface area contributed by atoms with Gasteiger partial charge in [-0.05, 0) is 49.9 Å². The first-order chi connectivity index (χ1) is 8.23. The quantitative estimate of drug-likeness (QED) is 0.845. The number of hydrogen-bond donors (Lipinski definition) is 2. The summed E-state index contributed by atoms with van der Waals surface area (Å²) in [5.74, 6) is -1.07. The minimum atomic E-state index is -1.09. The normalized spacial score (nSPS) is 14.3. The van der Waals surface area contributed by atoms with Crippen LogP contribution in [0, 0.1) is 18.7 Å². The van der Waals surface area contributed by atoms with E-state index in [1.165, 1.54) is 12.1 Å². The molecule has 1 aromatic rings. The van der Waals surface area contributed by atoms with Gasteiger partial charge in [0, 0.05) is 5.69 Å². The Bertz CT molecular complexity index is 425. The van der Waals surface area contributed by atoms with Crippen LogP contribution in [0.1, 0.15) is 32.8 Å². The zero-order valence-corrected chi connectivity index (χ0v) is 11.2. The van der Waals surface area contributed by atoms with Crippen LogP contribution >= 0.6 is 0 Å². The number of halogens is 1. The average molecular weight is 253 g/mol. The van der Waals surface area contributed by atoms with Gasteiger partial charge in [-0.1, -0.05) is 13.8 Å². The Balaban J connectivity index is 2.99. The number of benzene rings is 1. The van der Waals surface area contributed by atoms with Crippen LogP contribution < -0.4 is 5.32 Å². The molecule has 0 aliphatic rings. The molecule has 18 heavy (non-hydrogen) atoms. The highest BCUT2D eigenvalue weighted by Crippen LogP contribution is 2.24. The van der Waals surface area contributed by atoms with Crippen molar-refractivity contribution in [2.75, 3.05) is 5.32 Å². The van der Waals surface area contributed by atoms with Crippen LogP contribution in [-0.4, -0.2) is 16.6 Å². The number of carbonyl (C=O) groups is 1. The van der Waals surface area contributed by atoms with Gasteiger partial charge in [0.2, 0.25) is 0 Å². The Kier molecular flexibility index (Phi) is 4.33. The molecule has 0 radical (unpaired) electrons. The molecular formula is C14H20FNO2. The van der Waals surface area contributed by atoms with Gasteiger partial charge in [0.15, 0.2) is 0 Å². The van der Waals surface area contributed by atoms with Gasteiger partial charge in [0.1, 0.15) is 11.4 Å². The SMILES string of the molecule is Cc1cc(F)cc(NC(C)(CC(C)C)C(=O)O)c1. The topological polar surface area (TPSA) is 49.3 Å². The first-order valence-corrected chi connectivity index (χ1v) is 6.02. The van der Waals surface area contributed by atoms with Crippen LogP contribution in [0.15, 0.2) is 18.2 Å². The number of aryl methyl sites for hydroxylation is 1. The van der Waals surface area contributed by atoms with Gasteiger partial charge >= 0.3 is 5.97 Å². The van der Waals surface area contributed by atoms with Crippen LogP contribution in [0.3, 0.4) is 0 Å². The smallest absolute Gasteiger partial charge is 0.329 e. The summed E-state index contributed by atoms with van der Waals surface area (Å²) in [5.41, 5.74) is 0.168. The molecule has 100 valence electrons. The van der Waals surface area contributed by atoms with E-state index in [-0.39, 0.29) is 11.7 Å². The van der Waals surface area contributed by atoms with Crippen LogP contribution in [-0.2, 0) is 4.79 Å². The van der Waals surface area contributed by atoms with Gasteiger partial charge in [-0.3, -0.25) is 0 Å². The summed E-state index contributed by atoms with van der Waals surface area (Å²) in [7, 11) is 0. The summed E-state index contributed by atoms with van der Waals surface area (Å²) < 4.78 is 13.3. The molecule has 0 fully saturated rings. The first kappa shape index (κ1) is 14.5. The zero-order chi connectivity index (χ0) is 13.9. The van der Waals surface area contributed by atoms with Crippen molar-refractivity contribution >= 4 is 11.7 Å². The fourth-order valence-electron chi connectivity index (χ4n) is 2.14. The van der Waals surface area contributed by atoms with Crippen molar-refractivity contribution < 1.29 is 14.3 Å². The van der Waals surface area contributed by atoms with Gasteiger partial charge in [0.25, 0.3) is 0 Å². The van der Waals surface area contributed by atoms with Crippen molar-refractivity contribution in [1.82, 2.24) is 0 Å². The Morgan fingerprint density at radius 3 is 2.50 bits per heavy atom. The van der Waals surface area contributed by atoms with Crippen molar-refractivity contribution in [3.05, 3.63) is 29.6 Å². The third kappa shape index (κ3) is 3.72. The number of hydrogen-bond acceptors (Lipinski definition) is 2. The second-order valence-corrected chi connectivity index (χ2v) is 5.38. The summed E-state index contributed by atoms with van der Waals surface area (Å²) in [5, 5.41) is 12.3. The highest BCUT2D eigenvalue weighted by Gasteiger charge is 2.33. The third-order valence-corrected chi connectivity index (χ3v) is 2.75. The summed E-state index contributed by atoms with van der Waals surface area (Å²) in [6, 6.07) is 4.46. The maximum Gasteiger partial charge on any atom is 0.329 e. The fraction of sp³-hybridized carbons (Fsp3) is 0.500. The molecule has 0 heterocycles. The van der Waals surface area contributed by atoms with E-state index in [9.17, 15) is 14.3 Å². The molecule has 2 N–H and O–H groups in total. The number of aliphatic carboxylic acids is 1. The minimum absolute atomic E-state index is 0.230. The highest BCUT2D eigenvalue weighted by atomic mass is 19.1. The molecule has 4 heteroatoms. The van der Waals surface area contributed by atoms with E-state index in [0.29, 0.717) is 12.1 Å². The van der Waals surface area contributed by atoms with Crippen molar-refractivity contribution in [3.63, 3.8) is 0 Å². The van der Waals surface area contributed by atoms with Gasteiger partial charge in [-0.25, -0.2) is 9.18 Å². The maximum atomic E-state index is 13.3. The number of nitrogens with one attached hydrogen (secondary N) is 1. The van der Waals surface area contributed by atoms with Gasteiger partial charge in [0.05, 0.1) is 0 Å².